The second-order valence-electron chi connectivity index (χ2n) is 3.02. The van der Waals surface area contributed by atoms with Crippen LogP contribution < -0.4 is 5.46 Å². The van der Waals surface area contributed by atoms with Crippen molar-refractivity contribution in [3.05, 3.63) is 28.8 Å². The first-order valence-electron chi connectivity index (χ1n) is 3.89. The molecule has 0 unspecified atom stereocenters. The summed E-state index contributed by atoms with van der Waals surface area (Å²) in [6.45, 7) is 6.47. The number of rotatable bonds is 1. The van der Waals surface area contributed by atoms with Crippen LogP contribution in [0.25, 0.3) is 0 Å². The minimum Gasteiger partial charge on any atom is -0.132 e. The molecule has 0 heterocycles. The molecule has 1 aromatic rings. The topological polar surface area (TPSA) is 0 Å². The lowest BCUT2D eigenvalue weighted by molar-refractivity contribution is 1.28. The summed E-state index contributed by atoms with van der Waals surface area (Å²) in [7, 11) is 0. The van der Waals surface area contributed by atoms with Crippen LogP contribution in [0.1, 0.15) is 16.7 Å². The van der Waals surface area contributed by atoms with Gasteiger partial charge in [-0.3, -0.25) is 0 Å². The molecule has 3 heteroatoms. The van der Waals surface area contributed by atoms with Crippen LogP contribution in [0.2, 0.25) is 0 Å². The molecular formula is C9H11BBr2. The van der Waals surface area contributed by atoms with Crippen LogP contribution in [0.15, 0.2) is 12.1 Å². The van der Waals surface area contributed by atoms with Gasteiger partial charge in [0.1, 0.15) is 0 Å². The lowest BCUT2D eigenvalue weighted by Gasteiger charge is -2.10. The van der Waals surface area contributed by atoms with Gasteiger partial charge in [0.25, 0.3) is 0 Å². The zero-order chi connectivity index (χ0) is 9.30. The van der Waals surface area contributed by atoms with Crippen LogP contribution in [0.4, 0.5) is 0 Å². The first-order chi connectivity index (χ1) is 5.54. The molecule has 64 valence electrons. The van der Waals surface area contributed by atoms with Gasteiger partial charge in [-0.2, -0.15) is 0 Å². The van der Waals surface area contributed by atoms with Gasteiger partial charge in [0.2, 0.25) is 0 Å². The van der Waals surface area contributed by atoms with Crippen LogP contribution in [-0.4, -0.2) is 4.36 Å². The summed E-state index contributed by atoms with van der Waals surface area (Å²) in [6.07, 6.45) is 0. The smallest absolute Gasteiger partial charge is 0.132 e. The molecule has 0 fully saturated rings. The van der Waals surface area contributed by atoms with E-state index in [2.05, 4.69) is 64.4 Å². The van der Waals surface area contributed by atoms with Crippen LogP contribution in [0.3, 0.4) is 0 Å². The third-order valence-corrected chi connectivity index (χ3v) is 3.32. The Morgan fingerprint density at radius 2 is 1.58 bits per heavy atom. The molecule has 0 aromatic heterocycles. The van der Waals surface area contributed by atoms with Gasteiger partial charge in [0.15, 0.2) is 0 Å². The molecule has 0 saturated heterocycles. The Kier molecular flexibility index (Phi) is 3.42. The van der Waals surface area contributed by atoms with Gasteiger partial charge >= 0.3 is 4.36 Å². The highest BCUT2D eigenvalue weighted by Crippen LogP contribution is 2.13. The summed E-state index contributed by atoms with van der Waals surface area (Å²) < 4.78 is 0.268. The standard InChI is InChI=1S/C9H11BBr2/c1-6-4-5-9(10(11)12)8(3)7(6)2/h4-5H,1-3H3. The average molecular weight is 290 g/mol. The van der Waals surface area contributed by atoms with Crippen molar-refractivity contribution in [3.8, 4) is 0 Å². The summed E-state index contributed by atoms with van der Waals surface area (Å²) in [5.74, 6) is 0. The average Bonchev–Trinajstić information content (AvgIpc) is 2.00. The van der Waals surface area contributed by atoms with Crippen LogP contribution >= 0.6 is 31.5 Å². The van der Waals surface area contributed by atoms with E-state index in [1.165, 1.54) is 22.2 Å². The molecule has 0 nitrogen and oxygen atoms in total. The van der Waals surface area contributed by atoms with Crippen molar-refractivity contribution in [2.24, 2.45) is 0 Å². The van der Waals surface area contributed by atoms with Crippen LogP contribution in [-0.2, 0) is 0 Å². The van der Waals surface area contributed by atoms with Crippen molar-refractivity contribution >= 4 is 41.3 Å². The fraction of sp³-hybridized carbons (Fsp3) is 0.333. The molecule has 0 spiro atoms. The van der Waals surface area contributed by atoms with E-state index < -0.39 is 0 Å². The predicted molar refractivity (Wildman–Crippen MR) is 63.9 cm³/mol. The number of benzene rings is 1. The Morgan fingerprint density at radius 3 is 2.08 bits per heavy atom. The number of hydrogen-bond donors (Lipinski definition) is 0. The number of halogens is 2. The van der Waals surface area contributed by atoms with Crippen molar-refractivity contribution in [1.29, 1.82) is 0 Å². The largest absolute Gasteiger partial charge is 0.329 e. The zero-order valence-corrected chi connectivity index (χ0v) is 10.7. The summed E-state index contributed by atoms with van der Waals surface area (Å²) in [5, 5.41) is 0. The second-order valence-corrected chi connectivity index (χ2v) is 6.08. The van der Waals surface area contributed by atoms with Gasteiger partial charge in [-0.25, -0.2) is 0 Å². The fourth-order valence-electron chi connectivity index (χ4n) is 1.21. The lowest BCUT2D eigenvalue weighted by atomic mass is 9.86. The van der Waals surface area contributed by atoms with E-state index in [4.69, 9.17) is 0 Å². The minimum atomic E-state index is 0.268. The van der Waals surface area contributed by atoms with Crippen molar-refractivity contribution in [2.75, 3.05) is 0 Å². The molecule has 0 aliphatic rings. The van der Waals surface area contributed by atoms with Crippen molar-refractivity contribution < 1.29 is 0 Å². The zero-order valence-electron chi connectivity index (χ0n) is 7.49. The quantitative estimate of drug-likeness (QED) is 0.697. The Bertz CT molecular complexity index is 295. The van der Waals surface area contributed by atoms with Crippen molar-refractivity contribution in [3.63, 3.8) is 0 Å². The van der Waals surface area contributed by atoms with Crippen molar-refractivity contribution in [1.82, 2.24) is 0 Å². The van der Waals surface area contributed by atoms with Crippen LogP contribution in [0, 0.1) is 20.8 Å². The predicted octanol–water partition coefficient (Wildman–Crippen LogP) is 3.10. The summed E-state index contributed by atoms with van der Waals surface area (Å²) in [6, 6.07) is 4.32. The SMILES string of the molecule is Cc1ccc(B(Br)Br)c(C)c1C. The summed E-state index contributed by atoms with van der Waals surface area (Å²) in [4.78, 5) is 0. The molecule has 1 rings (SSSR count). The third kappa shape index (κ3) is 1.94. The molecular weight excluding hydrogens is 279 g/mol. The van der Waals surface area contributed by atoms with Gasteiger partial charge in [-0.1, -0.05) is 23.2 Å². The fourth-order valence-corrected chi connectivity index (χ4v) is 2.21. The van der Waals surface area contributed by atoms with E-state index >= 15 is 0 Å². The van der Waals surface area contributed by atoms with Crippen molar-refractivity contribution in [2.45, 2.75) is 20.8 Å². The monoisotopic (exact) mass is 288 g/mol. The van der Waals surface area contributed by atoms with Gasteiger partial charge in [0.05, 0.1) is 0 Å². The Labute approximate surface area is 90.8 Å². The molecule has 0 aliphatic heterocycles. The maximum Gasteiger partial charge on any atom is 0.329 e. The first kappa shape index (κ1) is 10.3. The Hall–Kier alpha value is 0.245. The van der Waals surface area contributed by atoms with E-state index in [-0.39, 0.29) is 4.36 Å². The number of aryl methyl sites for hydroxylation is 1. The highest BCUT2D eigenvalue weighted by atomic mass is 79.9. The summed E-state index contributed by atoms with van der Waals surface area (Å²) in [5.41, 5.74) is 5.43. The molecule has 0 atom stereocenters. The van der Waals surface area contributed by atoms with Gasteiger partial charge < -0.3 is 0 Å². The van der Waals surface area contributed by atoms with E-state index in [9.17, 15) is 0 Å². The molecule has 0 N–H and O–H groups in total. The molecule has 0 saturated carbocycles. The first-order valence-corrected chi connectivity index (χ1v) is 5.72. The van der Waals surface area contributed by atoms with E-state index in [0.29, 0.717) is 0 Å². The Balaban J connectivity index is 3.27. The number of hydrogen-bond acceptors (Lipinski definition) is 0. The Morgan fingerprint density at radius 1 is 1.00 bits per heavy atom. The second kappa shape index (κ2) is 3.97. The van der Waals surface area contributed by atoms with E-state index in [1.807, 2.05) is 0 Å². The highest BCUT2D eigenvalue weighted by molar-refractivity contribution is 9.49. The lowest BCUT2D eigenvalue weighted by Crippen LogP contribution is -2.21. The molecule has 0 bridgehead atoms. The molecule has 0 radical (unpaired) electrons. The maximum absolute atomic E-state index is 3.51. The molecule has 0 aliphatic carbocycles. The minimum absolute atomic E-state index is 0.268. The van der Waals surface area contributed by atoms with Crippen LogP contribution in [0.5, 0.6) is 0 Å². The van der Waals surface area contributed by atoms with Gasteiger partial charge in [-0.05, 0) is 31.9 Å². The van der Waals surface area contributed by atoms with Gasteiger partial charge in [0, 0.05) is 0 Å². The normalized spacial score (nSPS) is 10.1. The van der Waals surface area contributed by atoms with E-state index in [0.717, 1.165) is 0 Å². The molecule has 0 amide bonds. The third-order valence-electron chi connectivity index (χ3n) is 2.34. The highest BCUT2D eigenvalue weighted by Gasteiger charge is 2.12. The molecule has 12 heavy (non-hydrogen) atoms. The van der Waals surface area contributed by atoms with E-state index in [1.54, 1.807) is 0 Å². The van der Waals surface area contributed by atoms with Gasteiger partial charge in [-0.15, -0.1) is 31.5 Å². The summed E-state index contributed by atoms with van der Waals surface area (Å²) >= 11 is 7.02. The maximum atomic E-state index is 3.51. The molecule has 1 aromatic carbocycles.